The van der Waals surface area contributed by atoms with Crippen molar-refractivity contribution in [3.05, 3.63) is 29.5 Å². The van der Waals surface area contributed by atoms with E-state index in [2.05, 4.69) is 15.6 Å². The second-order valence-corrected chi connectivity index (χ2v) is 8.57. The number of aromatic nitrogens is 1. The fourth-order valence-corrected chi connectivity index (χ4v) is 4.22. The first-order chi connectivity index (χ1) is 15.3. The molecule has 0 aliphatic carbocycles. The van der Waals surface area contributed by atoms with Crippen LogP contribution in [0.2, 0.25) is 0 Å². The van der Waals surface area contributed by atoms with E-state index in [4.69, 9.17) is 15.2 Å². The van der Waals surface area contributed by atoms with Crippen LogP contribution in [-0.4, -0.2) is 41.5 Å². The number of nitrogens with two attached hydrogens (primary N) is 1. The monoisotopic (exact) mass is 440 g/mol. The van der Waals surface area contributed by atoms with Crippen LogP contribution >= 0.6 is 0 Å². The second-order valence-electron chi connectivity index (χ2n) is 8.57. The van der Waals surface area contributed by atoms with Gasteiger partial charge in [-0.25, -0.2) is 4.98 Å². The van der Waals surface area contributed by atoms with Crippen LogP contribution in [0, 0.1) is 0 Å². The van der Waals surface area contributed by atoms with Gasteiger partial charge in [0.25, 0.3) is 5.91 Å². The Bertz CT molecular complexity index is 1070. The maximum atomic E-state index is 12.2. The van der Waals surface area contributed by atoms with Gasteiger partial charge in [-0.1, -0.05) is 0 Å². The minimum Gasteiger partial charge on any atom is -0.490 e. The molecular formula is C23H28N4O5. The number of benzene rings is 1. The Morgan fingerprint density at radius 2 is 1.94 bits per heavy atom. The molecule has 2 aliphatic heterocycles. The molecule has 0 saturated carbocycles. The van der Waals surface area contributed by atoms with E-state index >= 15 is 0 Å². The highest BCUT2D eigenvalue weighted by atomic mass is 16.5. The number of carbonyl (C=O) groups is 3. The summed E-state index contributed by atoms with van der Waals surface area (Å²) < 4.78 is 11.8. The summed E-state index contributed by atoms with van der Waals surface area (Å²) >= 11 is 0. The van der Waals surface area contributed by atoms with E-state index in [9.17, 15) is 14.4 Å². The Hall–Kier alpha value is -3.36. The maximum absolute atomic E-state index is 12.2. The van der Waals surface area contributed by atoms with E-state index in [0.29, 0.717) is 36.3 Å². The molecule has 0 spiro atoms. The van der Waals surface area contributed by atoms with Crippen LogP contribution in [0.15, 0.2) is 18.3 Å². The smallest absolute Gasteiger partial charge is 0.252 e. The van der Waals surface area contributed by atoms with E-state index < -0.39 is 5.91 Å². The topological polar surface area (TPSA) is 133 Å². The number of primary amides is 1. The Morgan fingerprint density at radius 1 is 1.16 bits per heavy atom. The molecule has 9 heteroatoms. The molecule has 2 aromatic rings. The van der Waals surface area contributed by atoms with Gasteiger partial charge in [-0.05, 0) is 50.6 Å². The molecule has 1 unspecified atom stereocenters. The SMILES string of the molecule is CC(C)Oc1cc2c(OC[C@@H]3CCC(=O)N3)ncc(C3CCCC(=O)N3)c2cc1C(N)=O. The van der Waals surface area contributed by atoms with Crippen molar-refractivity contribution in [1.29, 1.82) is 0 Å². The highest BCUT2D eigenvalue weighted by Crippen LogP contribution is 2.37. The van der Waals surface area contributed by atoms with Crippen molar-refractivity contribution in [1.82, 2.24) is 15.6 Å². The molecule has 170 valence electrons. The number of amides is 3. The highest BCUT2D eigenvalue weighted by Gasteiger charge is 2.26. The molecule has 2 atom stereocenters. The van der Waals surface area contributed by atoms with Crippen LogP contribution in [0.25, 0.3) is 10.8 Å². The fourth-order valence-electron chi connectivity index (χ4n) is 4.22. The average molecular weight is 441 g/mol. The zero-order valence-electron chi connectivity index (χ0n) is 18.3. The van der Waals surface area contributed by atoms with Gasteiger partial charge < -0.3 is 25.8 Å². The second kappa shape index (κ2) is 9.02. The molecule has 4 N–H and O–H groups in total. The van der Waals surface area contributed by atoms with Crippen LogP contribution in [0.4, 0.5) is 0 Å². The lowest BCUT2D eigenvalue weighted by molar-refractivity contribution is -0.123. The number of hydrogen-bond donors (Lipinski definition) is 3. The number of rotatable bonds is 7. The molecule has 2 aliphatic rings. The van der Waals surface area contributed by atoms with Gasteiger partial charge in [0.1, 0.15) is 12.4 Å². The molecule has 2 saturated heterocycles. The van der Waals surface area contributed by atoms with E-state index in [1.807, 2.05) is 13.8 Å². The average Bonchev–Trinajstić information content (AvgIpc) is 3.16. The minimum atomic E-state index is -0.603. The molecule has 9 nitrogen and oxygen atoms in total. The highest BCUT2D eigenvalue weighted by molar-refractivity contribution is 6.02. The van der Waals surface area contributed by atoms with Gasteiger partial charge in [0.15, 0.2) is 0 Å². The molecule has 3 amide bonds. The fraction of sp³-hybridized carbons (Fsp3) is 0.478. The molecule has 4 rings (SSSR count). The quantitative estimate of drug-likeness (QED) is 0.604. The van der Waals surface area contributed by atoms with E-state index in [1.54, 1.807) is 18.3 Å². The number of nitrogens with zero attached hydrogens (tertiary/aromatic N) is 1. The van der Waals surface area contributed by atoms with E-state index in [0.717, 1.165) is 23.8 Å². The molecule has 1 aromatic heterocycles. The zero-order chi connectivity index (χ0) is 22.8. The lowest BCUT2D eigenvalue weighted by Gasteiger charge is -2.25. The summed E-state index contributed by atoms with van der Waals surface area (Å²) in [5.41, 5.74) is 6.71. The number of fused-ring (bicyclic) bond motifs is 1. The molecule has 0 bridgehead atoms. The van der Waals surface area contributed by atoms with Crippen LogP contribution in [-0.2, 0) is 9.59 Å². The predicted octanol–water partition coefficient (Wildman–Crippen LogP) is 2.12. The van der Waals surface area contributed by atoms with Crippen molar-refractivity contribution in [2.75, 3.05) is 6.61 Å². The van der Waals surface area contributed by atoms with Gasteiger partial charge in [0.2, 0.25) is 17.7 Å². The first-order valence-corrected chi connectivity index (χ1v) is 11.0. The third kappa shape index (κ3) is 4.61. The standard InChI is InChI=1S/C23H28N4O5/c1-12(2)32-19-9-15-14(8-16(19)22(24)30)17(18-4-3-5-20(28)27-18)10-25-23(15)31-11-13-6-7-21(29)26-13/h8-10,12-13,18H,3-7,11H2,1-2H3,(H2,24,30)(H,26,29)(H,27,28)/t13-,18?/m0/s1. The van der Waals surface area contributed by atoms with Crippen molar-refractivity contribution < 1.29 is 23.9 Å². The van der Waals surface area contributed by atoms with Gasteiger partial charge in [-0.2, -0.15) is 0 Å². The van der Waals surface area contributed by atoms with E-state index in [1.165, 1.54) is 0 Å². The molecule has 2 fully saturated rings. The molecule has 3 heterocycles. The lowest BCUT2D eigenvalue weighted by Crippen LogP contribution is -2.32. The van der Waals surface area contributed by atoms with Crippen LogP contribution < -0.4 is 25.8 Å². The molecule has 0 radical (unpaired) electrons. The lowest BCUT2D eigenvalue weighted by atomic mass is 9.93. The Kier molecular flexibility index (Phi) is 6.16. The predicted molar refractivity (Wildman–Crippen MR) is 117 cm³/mol. The molecule has 32 heavy (non-hydrogen) atoms. The zero-order valence-corrected chi connectivity index (χ0v) is 18.3. The summed E-state index contributed by atoms with van der Waals surface area (Å²) in [6, 6.07) is 3.12. The van der Waals surface area contributed by atoms with Gasteiger partial charge in [-0.3, -0.25) is 14.4 Å². The Labute approximate surface area is 186 Å². The molecular weight excluding hydrogens is 412 g/mol. The number of carbonyl (C=O) groups excluding carboxylic acids is 3. The number of piperidine rings is 1. The minimum absolute atomic E-state index is 0.0124. The normalized spacial score (nSPS) is 20.8. The van der Waals surface area contributed by atoms with Crippen LogP contribution in [0.5, 0.6) is 11.6 Å². The van der Waals surface area contributed by atoms with Crippen molar-refractivity contribution >= 4 is 28.5 Å². The van der Waals surface area contributed by atoms with Crippen molar-refractivity contribution in [2.24, 2.45) is 5.73 Å². The van der Waals surface area contributed by atoms with Gasteiger partial charge in [0, 0.05) is 30.0 Å². The summed E-state index contributed by atoms with van der Waals surface area (Å²) in [6.07, 6.45) is 4.73. The van der Waals surface area contributed by atoms with Crippen molar-refractivity contribution in [3.63, 3.8) is 0 Å². The summed E-state index contributed by atoms with van der Waals surface area (Å²) in [5.74, 6) is 0.122. The number of pyridine rings is 1. The third-order valence-corrected chi connectivity index (χ3v) is 5.72. The number of nitrogens with one attached hydrogen (secondary N) is 2. The third-order valence-electron chi connectivity index (χ3n) is 5.72. The largest absolute Gasteiger partial charge is 0.490 e. The Morgan fingerprint density at radius 3 is 2.59 bits per heavy atom. The first kappa shape index (κ1) is 21.9. The summed E-state index contributed by atoms with van der Waals surface area (Å²) in [4.78, 5) is 40.2. The van der Waals surface area contributed by atoms with Crippen molar-refractivity contribution in [3.8, 4) is 11.6 Å². The van der Waals surface area contributed by atoms with Gasteiger partial charge in [-0.15, -0.1) is 0 Å². The van der Waals surface area contributed by atoms with Gasteiger partial charge >= 0.3 is 0 Å². The summed E-state index contributed by atoms with van der Waals surface area (Å²) in [6.45, 7) is 4.01. The van der Waals surface area contributed by atoms with Gasteiger partial charge in [0.05, 0.1) is 23.8 Å². The first-order valence-electron chi connectivity index (χ1n) is 11.0. The summed E-state index contributed by atoms with van der Waals surface area (Å²) in [7, 11) is 0. The maximum Gasteiger partial charge on any atom is 0.252 e. The van der Waals surface area contributed by atoms with E-state index in [-0.39, 0.29) is 42.2 Å². The summed E-state index contributed by atoms with van der Waals surface area (Å²) in [5, 5.41) is 7.27. The van der Waals surface area contributed by atoms with Crippen LogP contribution in [0.1, 0.15) is 67.9 Å². The van der Waals surface area contributed by atoms with Crippen molar-refractivity contribution in [2.45, 2.75) is 64.1 Å². The Balaban J connectivity index is 1.78. The molecule has 1 aromatic carbocycles. The number of ether oxygens (including phenoxy) is 2. The number of hydrogen-bond acceptors (Lipinski definition) is 6. The van der Waals surface area contributed by atoms with Crippen LogP contribution in [0.3, 0.4) is 0 Å².